The molecule has 1 N–H and O–H groups in total. The van der Waals surface area contributed by atoms with E-state index >= 15 is 0 Å². The third-order valence-corrected chi connectivity index (χ3v) is 2.46. The summed E-state index contributed by atoms with van der Waals surface area (Å²) in [6, 6.07) is 1.36. The topological polar surface area (TPSA) is 77.2 Å². The number of carboxylic acid groups (broad SMARTS) is 1. The summed E-state index contributed by atoms with van der Waals surface area (Å²) in [4.78, 5) is 10.9. The molecule has 9 heteroatoms. The van der Waals surface area contributed by atoms with Crippen molar-refractivity contribution in [3.63, 3.8) is 0 Å². The summed E-state index contributed by atoms with van der Waals surface area (Å²) in [7, 11) is 1.30. The number of rotatable bonds is 4. The second-order valence-corrected chi connectivity index (χ2v) is 3.76. The Morgan fingerprint density at radius 1 is 1.35 bits per heavy atom. The van der Waals surface area contributed by atoms with Gasteiger partial charge in [0.2, 0.25) is 0 Å². The summed E-state index contributed by atoms with van der Waals surface area (Å²) < 4.78 is 44.9. The van der Waals surface area contributed by atoms with E-state index in [1.807, 2.05) is 0 Å². The number of hydrogen-bond donors (Lipinski definition) is 1. The van der Waals surface area contributed by atoms with Crippen molar-refractivity contribution in [2.45, 2.75) is 6.61 Å². The van der Waals surface area contributed by atoms with Gasteiger partial charge >= 0.3 is 5.97 Å². The molecule has 0 bridgehead atoms. The summed E-state index contributed by atoms with van der Waals surface area (Å²) in [5, 5.41) is 15.8. The van der Waals surface area contributed by atoms with E-state index in [-0.39, 0.29) is 18.0 Å². The molecule has 0 aliphatic carbocycles. The Morgan fingerprint density at radius 2 is 1.95 bits per heavy atom. The number of methoxy groups -OCH3 is 1. The van der Waals surface area contributed by atoms with Crippen molar-refractivity contribution in [2.24, 2.45) is 0 Å². The predicted octanol–water partition coefficient (Wildman–Crippen LogP) is 1.53. The van der Waals surface area contributed by atoms with Gasteiger partial charge in [0.25, 0.3) is 0 Å². The van der Waals surface area contributed by atoms with Gasteiger partial charge in [-0.3, -0.25) is 0 Å². The summed E-state index contributed by atoms with van der Waals surface area (Å²) in [5.74, 6) is -5.83. The minimum atomic E-state index is -1.62. The Bertz CT molecular complexity index is 649. The zero-order valence-corrected chi connectivity index (χ0v) is 10.1. The van der Waals surface area contributed by atoms with E-state index in [0.717, 1.165) is 4.68 Å². The Labute approximate surface area is 110 Å². The van der Waals surface area contributed by atoms with E-state index in [0.29, 0.717) is 12.1 Å². The van der Waals surface area contributed by atoms with Crippen LogP contribution in [0.5, 0.6) is 0 Å². The van der Waals surface area contributed by atoms with Crippen molar-refractivity contribution in [3.05, 3.63) is 41.0 Å². The number of ether oxygens (including phenoxy) is 1. The normalized spacial score (nSPS) is 10.8. The molecule has 0 saturated heterocycles. The van der Waals surface area contributed by atoms with Crippen molar-refractivity contribution < 1.29 is 27.8 Å². The summed E-state index contributed by atoms with van der Waals surface area (Å²) in [6.07, 6.45) is 0. The Kier molecular flexibility index (Phi) is 3.70. The van der Waals surface area contributed by atoms with Gasteiger partial charge in [-0.2, -0.15) is 0 Å². The molecule has 0 amide bonds. The smallest absolute Gasteiger partial charge is 0.358 e. The number of halogens is 3. The van der Waals surface area contributed by atoms with E-state index in [1.165, 1.54) is 7.11 Å². The zero-order chi connectivity index (χ0) is 14.9. The van der Waals surface area contributed by atoms with Crippen molar-refractivity contribution in [1.29, 1.82) is 0 Å². The molecule has 0 aliphatic heterocycles. The zero-order valence-electron chi connectivity index (χ0n) is 10.1. The average molecular weight is 287 g/mol. The molecule has 1 heterocycles. The molecule has 6 nitrogen and oxygen atoms in total. The van der Waals surface area contributed by atoms with Gasteiger partial charge in [-0.25, -0.2) is 22.6 Å². The molecule has 0 saturated carbocycles. The third kappa shape index (κ3) is 2.35. The van der Waals surface area contributed by atoms with Gasteiger partial charge in [0.05, 0.1) is 12.3 Å². The highest BCUT2D eigenvalue weighted by Gasteiger charge is 2.21. The second kappa shape index (κ2) is 5.29. The van der Waals surface area contributed by atoms with Crippen molar-refractivity contribution in [3.8, 4) is 5.69 Å². The quantitative estimate of drug-likeness (QED) is 0.863. The second-order valence-electron chi connectivity index (χ2n) is 3.76. The molecule has 0 radical (unpaired) electrons. The molecule has 0 atom stereocenters. The van der Waals surface area contributed by atoms with Crippen LogP contribution in [-0.2, 0) is 11.3 Å². The molecular formula is C11H8F3N3O3. The van der Waals surface area contributed by atoms with Gasteiger partial charge in [0.15, 0.2) is 23.1 Å². The van der Waals surface area contributed by atoms with E-state index in [4.69, 9.17) is 9.84 Å². The lowest BCUT2D eigenvalue weighted by atomic mass is 10.2. The van der Waals surface area contributed by atoms with E-state index in [2.05, 4.69) is 10.3 Å². The number of carboxylic acids is 1. The van der Waals surface area contributed by atoms with Crippen molar-refractivity contribution in [2.75, 3.05) is 7.11 Å². The number of hydrogen-bond acceptors (Lipinski definition) is 4. The largest absolute Gasteiger partial charge is 0.476 e. The van der Waals surface area contributed by atoms with Gasteiger partial charge in [-0.1, -0.05) is 5.21 Å². The Balaban J connectivity index is 2.60. The van der Waals surface area contributed by atoms with Crippen LogP contribution >= 0.6 is 0 Å². The van der Waals surface area contributed by atoms with E-state index < -0.39 is 29.1 Å². The van der Waals surface area contributed by atoms with Gasteiger partial charge in [-0.15, -0.1) is 5.10 Å². The van der Waals surface area contributed by atoms with E-state index in [1.54, 1.807) is 0 Å². The van der Waals surface area contributed by atoms with Crippen LogP contribution < -0.4 is 0 Å². The number of carbonyl (C=O) groups is 1. The van der Waals surface area contributed by atoms with Crippen molar-refractivity contribution >= 4 is 5.97 Å². The molecule has 2 aromatic rings. The number of aromatic carboxylic acids is 1. The minimum absolute atomic E-state index is 0.0228. The Morgan fingerprint density at radius 3 is 2.45 bits per heavy atom. The maximum Gasteiger partial charge on any atom is 0.358 e. The van der Waals surface area contributed by atoms with Crippen LogP contribution in [0.3, 0.4) is 0 Å². The Hall–Kier alpha value is -2.42. The minimum Gasteiger partial charge on any atom is -0.476 e. The molecule has 106 valence electrons. The van der Waals surface area contributed by atoms with Crippen LogP contribution in [0.1, 0.15) is 16.2 Å². The summed E-state index contributed by atoms with van der Waals surface area (Å²) in [5.41, 5.74) is -0.643. The molecule has 2 rings (SSSR count). The standard InChI is InChI=1S/C11H8F3N3O3/c1-20-4-8-10(11(18)19)15-16-17(8)5-2-6(12)9(14)7(13)3-5/h2-3H,4H2,1H3,(H,18,19). The highest BCUT2D eigenvalue weighted by atomic mass is 19.2. The fourth-order valence-electron chi connectivity index (χ4n) is 1.61. The van der Waals surface area contributed by atoms with Gasteiger partial charge in [0.1, 0.15) is 5.69 Å². The molecule has 20 heavy (non-hydrogen) atoms. The van der Waals surface area contributed by atoms with Gasteiger partial charge in [0, 0.05) is 19.2 Å². The third-order valence-electron chi connectivity index (χ3n) is 2.46. The maximum absolute atomic E-state index is 13.2. The first-order chi connectivity index (χ1) is 9.45. The molecular weight excluding hydrogens is 279 g/mol. The summed E-state index contributed by atoms with van der Waals surface area (Å²) >= 11 is 0. The lowest BCUT2D eigenvalue weighted by Gasteiger charge is -2.07. The fraction of sp³-hybridized carbons (Fsp3) is 0.182. The SMILES string of the molecule is COCc1c(C(=O)O)nnn1-c1cc(F)c(F)c(F)c1. The number of benzene rings is 1. The highest BCUT2D eigenvalue weighted by Crippen LogP contribution is 2.19. The first kappa shape index (κ1) is 14.0. The maximum atomic E-state index is 13.2. The van der Waals surface area contributed by atoms with E-state index in [9.17, 15) is 18.0 Å². The first-order valence-corrected chi connectivity index (χ1v) is 5.27. The van der Waals surface area contributed by atoms with Crippen LogP contribution in [0.15, 0.2) is 12.1 Å². The highest BCUT2D eigenvalue weighted by molar-refractivity contribution is 5.86. The number of nitrogens with zero attached hydrogens (tertiary/aromatic N) is 3. The monoisotopic (exact) mass is 287 g/mol. The molecule has 0 fully saturated rings. The van der Waals surface area contributed by atoms with Crippen LogP contribution in [-0.4, -0.2) is 33.2 Å². The van der Waals surface area contributed by atoms with Crippen LogP contribution in [0.4, 0.5) is 13.2 Å². The fourth-order valence-corrected chi connectivity index (χ4v) is 1.61. The lowest BCUT2D eigenvalue weighted by molar-refractivity contribution is 0.0685. The molecule has 1 aromatic carbocycles. The van der Waals surface area contributed by atoms with Gasteiger partial charge < -0.3 is 9.84 Å². The molecule has 1 aromatic heterocycles. The summed E-state index contributed by atoms with van der Waals surface area (Å²) in [6.45, 7) is -0.199. The molecule has 0 spiro atoms. The lowest BCUT2D eigenvalue weighted by Crippen LogP contribution is -2.09. The molecule has 0 unspecified atom stereocenters. The van der Waals surface area contributed by atoms with Crippen molar-refractivity contribution in [1.82, 2.24) is 15.0 Å². The van der Waals surface area contributed by atoms with Crippen LogP contribution in [0.25, 0.3) is 5.69 Å². The molecule has 0 aliphatic rings. The predicted molar refractivity (Wildman–Crippen MR) is 58.9 cm³/mol. The average Bonchev–Trinajstić information content (AvgIpc) is 2.79. The number of aromatic nitrogens is 3. The van der Waals surface area contributed by atoms with Gasteiger partial charge in [-0.05, 0) is 0 Å². The van der Waals surface area contributed by atoms with Crippen LogP contribution in [0, 0.1) is 17.5 Å². The van der Waals surface area contributed by atoms with Crippen LogP contribution in [0.2, 0.25) is 0 Å². The first-order valence-electron chi connectivity index (χ1n) is 5.27.